The van der Waals surface area contributed by atoms with E-state index in [2.05, 4.69) is 0 Å². The third-order valence-corrected chi connectivity index (χ3v) is 3.07. The van der Waals surface area contributed by atoms with Crippen LogP contribution >= 0.6 is 0 Å². The third-order valence-electron chi connectivity index (χ3n) is 3.07. The SMILES string of the molecule is CC(C)COC(=O)N(C)CCC1CCOCC1. The van der Waals surface area contributed by atoms with Crippen molar-refractivity contribution in [3.05, 3.63) is 0 Å². The number of rotatable bonds is 5. The van der Waals surface area contributed by atoms with Crippen LogP contribution in [0.2, 0.25) is 0 Å². The Labute approximate surface area is 104 Å². The van der Waals surface area contributed by atoms with E-state index in [1.54, 1.807) is 4.90 Å². The highest BCUT2D eigenvalue weighted by atomic mass is 16.6. The summed E-state index contributed by atoms with van der Waals surface area (Å²) in [6.07, 6.45) is 3.09. The molecule has 100 valence electrons. The molecule has 0 aromatic heterocycles. The predicted octanol–water partition coefficient (Wildman–Crippen LogP) is 2.53. The van der Waals surface area contributed by atoms with Crippen molar-refractivity contribution < 1.29 is 14.3 Å². The molecule has 0 unspecified atom stereocenters. The highest BCUT2D eigenvalue weighted by Crippen LogP contribution is 2.18. The second-order valence-corrected chi connectivity index (χ2v) is 5.24. The Hall–Kier alpha value is -0.770. The van der Waals surface area contributed by atoms with E-state index in [1.807, 2.05) is 20.9 Å². The van der Waals surface area contributed by atoms with Crippen molar-refractivity contribution in [3.8, 4) is 0 Å². The van der Waals surface area contributed by atoms with Gasteiger partial charge in [0.2, 0.25) is 0 Å². The second kappa shape index (κ2) is 7.54. The monoisotopic (exact) mass is 243 g/mol. The molecule has 0 radical (unpaired) electrons. The van der Waals surface area contributed by atoms with Crippen LogP contribution in [-0.2, 0) is 9.47 Å². The smallest absolute Gasteiger partial charge is 0.409 e. The fraction of sp³-hybridized carbons (Fsp3) is 0.923. The maximum atomic E-state index is 11.6. The number of ether oxygens (including phenoxy) is 2. The highest BCUT2D eigenvalue weighted by molar-refractivity contribution is 5.67. The van der Waals surface area contributed by atoms with Crippen molar-refractivity contribution in [2.45, 2.75) is 33.1 Å². The Morgan fingerprint density at radius 3 is 2.65 bits per heavy atom. The van der Waals surface area contributed by atoms with Gasteiger partial charge in [0.1, 0.15) is 0 Å². The molecule has 1 saturated heterocycles. The van der Waals surface area contributed by atoms with Crippen molar-refractivity contribution in [2.75, 3.05) is 33.4 Å². The zero-order valence-electron chi connectivity index (χ0n) is 11.3. The van der Waals surface area contributed by atoms with Gasteiger partial charge < -0.3 is 14.4 Å². The number of nitrogens with zero attached hydrogens (tertiary/aromatic N) is 1. The van der Waals surface area contributed by atoms with Gasteiger partial charge >= 0.3 is 6.09 Å². The summed E-state index contributed by atoms with van der Waals surface area (Å²) in [5, 5.41) is 0. The van der Waals surface area contributed by atoms with Crippen molar-refractivity contribution in [3.63, 3.8) is 0 Å². The van der Waals surface area contributed by atoms with Crippen LogP contribution in [0.3, 0.4) is 0 Å². The summed E-state index contributed by atoms with van der Waals surface area (Å²) in [4.78, 5) is 13.3. The Bertz CT molecular complexity index is 225. The molecule has 0 spiro atoms. The van der Waals surface area contributed by atoms with Crippen LogP contribution in [0.25, 0.3) is 0 Å². The minimum absolute atomic E-state index is 0.203. The fourth-order valence-electron chi connectivity index (χ4n) is 1.85. The lowest BCUT2D eigenvalue weighted by Gasteiger charge is -2.24. The maximum Gasteiger partial charge on any atom is 0.409 e. The molecule has 17 heavy (non-hydrogen) atoms. The highest BCUT2D eigenvalue weighted by Gasteiger charge is 2.16. The molecule has 0 aliphatic carbocycles. The van der Waals surface area contributed by atoms with Crippen molar-refractivity contribution in [1.82, 2.24) is 4.90 Å². The average molecular weight is 243 g/mol. The van der Waals surface area contributed by atoms with E-state index in [0.29, 0.717) is 18.4 Å². The van der Waals surface area contributed by atoms with Crippen LogP contribution < -0.4 is 0 Å². The molecule has 0 saturated carbocycles. The summed E-state index contributed by atoms with van der Waals surface area (Å²) in [6.45, 7) is 7.09. The Kier molecular flexibility index (Phi) is 6.34. The maximum absolute atomic E-state index is 11.6. The van der Waals surface area contributed by atoms with Gasteiger partial charge in [-0.05, 0) is 31.1 Å². The second-order valence-electron chi connectivity index (χ2n) is 5.24. The number of carbonyl (C=O) groups excluding carboxylic acids is 1. The summed E-state index contributed by atoms with van der Waals surface area (Å²) in [5.41, 5.74) is 0. The van der Waals surface area contributed by atoms with Gasteiger partial charge in [0.05, 0.1) is 6.61 Å². The first-order valence-electron chi connectivity index (χ1n) is 6.55. The molecular formula is C13H25NO3. The minimum atomic E-state index is -0.203. The van der Waals surface area contributed by atoms with Crippen LogP contribution in [0.15, 0.2) is 0 Å². The molecule has 0 atom stereocenters. The zero-order valence-corrected chi connectivity index (χ0v) is 11.3. The van der Waals surface area contributed by atoms with E-state index in [1.165, 1.54) is 0 Å². The molecule has 0 N–H and O–H groups in total. The standard InChI is InChI=1S/C13H25NO3/c1-11(2)10-17-13(15)14(3)7-4-12-5-8-16-9-6-12/h11-12H,4-10H2,1-3H3. The van der Waals surface area contributed by atoms with Crippen LogP contribution in [0, 0.1) is 11.8 Å². The molecule has 4 heteroatoms. The van der Waals surface area contributed by atoms with Gasteiger partial charge in [-0.25, -0.2) is 4.79 Å². The molecule has 1 aliphatic rings. The third kappa shape index (κ3) is 5.91. The van der Waals surface area contributed by atoms with Gasteiger partial charge in [-0.1, -0.05) is 13.8 Å². The summed E-state index contributed by atoms with van der Waals surface area (Å²) in [5.74, 6) is 1.09. The van der Waals surface area contributed by atoms with Gasteiger partial charge in [0.15, 0.2) is 0 Å². The number of carbonyl (C=O) groups is 1. The first-order chi connectivity index (χ1) is 8.09. The molecule has 1 amide bonds. The molecule has 4 nitrogen and oxygen atoms in total. The van der Waals surface area contributed by atoms with E-state index in [9.17, 15) is 4.79 Å². The van der Waals surface area contributed by atoms with E-state index in [-0.39, 0.29) is 6.09 Å². The molecule has 0 aromatic carbocycles. The van der Waals surface area contributed by atoms with Crippen molar-refractivity contribution in [2.24, 2.45) is 11.8 Å². The first kappa shape index (κ1) is 14.3. The summed E-state index contributed by atoms with van der Waals surface area (Å²) in [7, 11) is 1.81. The van der Waals surface area contributed by atoms with Crippen LogP contribution in [0.4, 0.5) is 4.79 Å². The zero-order chi connectivity index (χ0) is 12.7. The van der Waals surface area contributed by atoms with Crippen LogP contribution in [0.5, 0.6) is 0 Å². The Morgan fingerprint density at radius 1 is 1.41 bits per heavy atom. The normalized spacial score (nSPS) is 17.2. The quantitative estimate of drug-likeness (QED) is 0.744. The van der Waals surface area contributed by atoms with Gasteiger partial charge in [-0.2, -0.15) is 0 Å². The molecule has 1 rings (SSSR count). The average Bonchev–Trinajstić information content (AvgIpc) is 2.34. The lowest BCUT2D eigenvalue weighted by molar-refractivity contribution is 0.0586. The van der Waals surface area contributed by atoms with Gasteiger partial charge in [-0.15, -0.1) is 0 Å². The van der Waals surface area contributed by atoms with E-state index >= 15 is 0 Å². The molecule has 0 bridgehead atoms. The fourth-order valence-corrected chi connectivity index (χ4v) is 1.85. The van der Waals surface area contributed by atoms with Gasteiger partial charge in [-0.3, -0.25) is 0 Å². The molecule has 0 aromatic rings. The molecule has 1 fully saturated rings. The van der Waals surface area contributed by atoms with Crippen LogP contribution in [0.1, 0.15) is 33.1 Å². The predicted molar refractivity (Wildman–Crippen MR) is 67.0 cm³/mol. The minimum Gasteiger partial charge on any atom is -0.449 e. The van der Waals surface area contributed by atoms with Crippen molar-refractivity contribution >= 4 is 6.09 Å². The summed E-state index contributed by atoms with van der Waals surface area (Å²) < 4.78 is 10.5. The van der Waals surface area contributed by atoms with Crippen LogP contribution in [-0.4, -0.2) is 44.4 Å². The lowest BCUT2D eigenvalue weighted by Crippen LogP contribution is -2.31. The van der Waals surface area contributed by atoms with Crippen molar-refractivity contribution in [1.29, 1.82) is 0 Å². The number of hydrogen-bond donors (Lipinski definition) is 0. The molecule has 1 heterocycles. The summed E-state index contributed by atoms with van der Waals surface area (Å²) >= 11 is 0. The summed E-state index contributed by atoms with van der Waals surface area (Å²) in [6, 6.07) is 0. The van der Waals surface area contributed by atoms with Gasteiger partial charge in [0.25, 0.3) is 0 Å². The molecule has 1 aliphatic heterocycles. The number of amides is 1. The Balaban J connectivity index is 2.14. The van der Waals surface area contributed by atoms with E-state index in [0.717, 1.165) is 39.0 Å². The Morgan fingerprint density at radius 2 is 2.06 bits per heavy atom. The van der Waals surface area contributed by atoms with Gasteiger partial charge in [0, 0.05) is 26.8 Å². The topological polar surface area (TPSA) is 38.8 Å². The number of hydrogen-bond acceptors (Lipinski definition) is 3. The lowest BCUT2D eigenvalue weighted by atomic mass is 9.96. The molecular weight excluding hydrogens is 218 g/mol. The van der Waals surface area contributed by atoms with E-state index in [4.69, 9.17) is 9.47 Å². The first-order valence-corrected chi connectivity index (χ1v) is 6.55. The largest absolute Gasteiger partial charge is 0.449 e. The van der Waals surface area contributed by atoms with E-state index < -0.39 is 0 Å².